The van der Waals surface area contributed by atoms with Crippen molar-refractivity contribution in [2.75, 3.05) is 38.8 Å². The Morgan fingerprint density at radius 1 is 1.47 bits per heavy atom. The van der Waals surface area contributed by atoms with Gasteiger partial charge in [-0.2, -0.15) is 11.8 Å². The lowest BCUT2D eigenvalue weighted by atomic mass is 10.2. The second-order valence-corrected chi connectivity index (χ2v) is 7.35. The third-order valence-electron chi connectivity index (χ3n) is 3.19. The number of likely N-dealkylation sites (tertiary alicyclic amines) is 1. The summed E-state index contributed by atoms with van der Waals surface area (Å²) in [7, 11) is 2.06. The van der Waals surface area contributed by atoms with Crippen molar-refractivity contribution in [3.05, 3.63) is 0 Å². The summed E-state index contributed by atoms with van der Waals surface area (Å²) in [6.45, 7) is 7.98. The maximum Gasteiger partial charge on any atom is 0.410 e. The predicted molar refractivity (Wildman–Crippen MR) is 82.2 cm³/mol. The zero-order valence-corrected chi connectivity index (χ0v) is 14.1. The van der Waals surface area contributed by atoms with Crippen molar-refractivity contribution >= 4 is 29.5 Å². The van der Waals surface area contributed by atoms with E-state index < -0.39 is 5.60 Å². The molecule has 2 unspecified atom stereocenters. The second-order valence-electron chi connectivity index (χ2n) is 5.90. The minimum atomic E-state index is -0.438. The quantitative estimate of drug-likeness (QED) is 0.747. The highest BCUT2D eigenvalue weighted by Crippen LogP contribution is 2.26. The smallest absolute Gasteiger partial charge is 0.410 e. The van der Waals surface area contributed by atoms with Gasteiger partial charge in [0.05, 0.1) is 0 Å². The first kappa shape index (κ1) is 16.9. The molecule has 1 saturated heterocycles. The third kappa shape index (κ3) is 5.04. The van der Waals surface area contributed by atoms with E-state index in [0.29, 0.717) is 23.7 Å². The molecule has 1 aliphatic heterocycles. The van der Waals surface area contributed by atoms with Gasteiger partial charge in [-0.1, -0.05) is 0 Å². The first-order valence-corrected chi connectivity index (χ1v) is 8.37. The molecule has 1 amide bonds. The number of hydrogen-bond acceptors (Lipinski definition) is 4. The Morgan fingerprint density at radius 2 is 2.11 bits per heavy atom. The molecule has 1 rings (SSSR count). The Morgan fingerprint density at radius 3 is 2.58 bits per heavy atom. The molecule has 6 heteroatoms. The number of thioether (sulfide) groups is 1. The molecule has 0 aromatic heterocycles. The van der Waals surface area contributed by atoms with Crippen molar-refractivity contribution in [3.63, 3.8) is 0 Å². The van der Waals surface area contributed by atoms with Crippen LogP contribution in [0.1, 0.15) is 20.8 Å². The summed E-state index contributed by atoms with van der Waals surface area (Å²) >= 11 is 7.60. The van der Waals surface area contributed by atoms with Crippen molar-refractivity contribution < 1.29 is 9.53 Å². The van der Waals surface area contributed by atoms with Gasteiger partial charge < -0.3 is 9.64 Å². The second kappa shape index (κ2) is 7.04. The fraction of sp³-hybridized carbons (Fsp3) is 0.923. The average Bonchev–Trinajstić information content (AvgIpc) is 2.71. The summed E-state index contributed by atoms with van der Waals surface area (Å²) in [4.78, 5) is 16.1. The lowest BCUT2D eigenvalue weighted by Gasteiger charge is -2.27. The number of alkyl halides is 1. The standard InChI is InChI=1S/C13H25ClN2O2S/c1-13(2,3)18-12(17)16-8-10(11(9-16)19-5)15(4)7-6-14/h10-11H,6-9H2,1-5H3. The fourth-order valence-electron chi connectivity index (χ4n) is 2.19. The Labute approximate surface area is 125 Å². The minimum absolute atomic E-state index is 0.215. The Balaban J connectivity index is 2.63. The molecule has 2 atom stereocenters. The highest BCUT2D eigenvalue weighted by atomic mass is 35.5. The highest BCUT2D eigenvalue weighted by Gasteiger charge is 2.38. The first-order chi connectivity index (χ1) is 8.78. The number of amides is 1. The number of hydrogen-bond donors (Lipinski definition) is 0. The summed E-state index contributed by atoms with van der Waals surface area (Å²) in [5, 5.41) is 0.417. The molecule has 0 spiro atoms. The normalized spacial score (nSPS) is 24.1. The molecular weight excluding hydrogens is 284 g/mol. The molecule has 0 radical (unpaired) electrons. The minimum Gasteiger partial charge on any atom is -0.444 e. The van der Waals surface area contributed by atoms with E-state index in [-0.39, 0.29) is 6.09 Å². The molecule has 112 valence electrons. The van der Waals surface area contributed by atoms with E-state index in [1.54, 1.807) is 11.8 Å². The molecule has 4 nitrogen and oxygen atoms in total. The van der Waals surface area contributed by atoms with E-state index in [1.807, 2.05) is 25.7 Å². The lowest BCUT2D eigenvalue weighted by Crippen LogP contribution is -2.41. The van der Waals surface area contributed by atoms with Crippen LogP contribution < -0.4 is 0 Å². The van der Waals surface area contributed by atoms with Gasteiger partial charge in [0.2, 0.25) is 0 Å². The van der Waals surface area contributed by atoms with Crippen molar-refractivity contribution in [1.29, 1.82) is 0 Å². The van der Waals surface area contributed by atoms with Crippen LogP contribution in [0.25, 0.3) is 0 Å². The van der Waals surface area contributed by atoms with Gasteiger partial charge in [0.25, 0.3) is 0 Å². The number of carbonyl (C=O) groups excluding carboxylic acids is 1. The van der Waals surface area contributed by atoms with E-state index in [1.165, 1.54) is 0 Å². The van der Waals surface area contributed by atoms with Crippen molar-refractivity contribution in [2.24, 2.45) is 0 Å². The molecule has 0 saturated carbocycles. The largest absolute Gasteiger partial charge is 0.444 e. The Hall–Kier alpha value is -0.130. The summed E-state index contributed by atoms with van der Waals surface area (Å²) < 4.78 is 5.44. The van der Waals surface area contributed by atoms with Gasteiger partial charge >= 0.3 is 6.09 Å². The number of rotatable bonds is 4. The van der Waals surface area contributed by atoms with Crippen LogP contribution >= 0.6 is 23.4 Å². The van der Waals surface area contributed by atoms with Gasteiger partial charge in [-0.3, -0.25) is 4.90 Å². The van der Waals surface area contributed by atoms with Gasteiger partial charge in [-0.15, -0.1) is 11.6 Å². The van der Waals surface area contributed by atoms with Gasteiger partial charge in [0, 0.05) is 36.8 Å². The van der Waals surface area contributed by atoms with Crippen LogP contribution in [0.5, 0.6) is 0 Å². The van der Waals surface area contributed by atoms with Crippen LogP contribution in [0.2, 0.25) is 0 Å². The van der Waals surface area contributed by atoms with E-state index in [0.717, 1.165) is 13.1 Å². The maximum atomic E-state index is 12.1. The first-order valence-electron chi connectivity index (χ1n) is 6.55. The maximum absolute atomic E-state index is 12.1. The molecule has 1 heterocycles. The van der Waals surface area contributed by atoms with Gasteiger partial charge in [0.15, 0.2) is 0 Å². The van der Waals surface area contributed by atoms with Crippen LogP contribution in [0, 0.1) is 0 Å². The highest BCUT2D eigenvalue weighted by molar-refractivity contribution is 7.99. The summed E-state index contributed by atoms with van der Waals surface area (Å²) in [5.74, 6) is 0.612. The van der Waals surface area contributed by atoms with Crippen molar-refractivity contribution in [1.82, 2.24) is 9.80 Å². The van der Waals surface area contributed by atoms with Crippen LogP contribution in [-0.4, -0.2) is 71.6 Å². The molecule has 0 N–H and O–H groups in total. The topological polar surface area (TPSA) is 32.8 Å². The molecule has 0 bridgehead atoms. The average molecular weight is 309 g/mol. The molecule has 19 heavy (non-hydrogen) atoms. The van der Waals surface area contributed by atoms with E-state index in [9.17, 15) is 4.79 Å². The van der Waals surface area contributed by atoms with E-state index in [2.05, 4.69) is 18.2 Å². The molecular formula is C13H25ClN2O2S. The molecule has 1 fully saturated rings. The zero-order valence-electron chi connectivity index (χ0n) is 12.5. The fourth-order valence-corrected chi connectivity index (χ4v) is 3.39. The number of nitrogens with zero attached hydrogens (tertiary/aromatic N) is 2. The summed E-state index contributed by atoms with van der Waals surface area (Å²) in [5.41, 5.74) is -0.438. The van der Waals surface area contributed by atoms with Crippen LogP contribution in [0.15, 0.2) is 0 Å². The Bertz CT molecular complexity index is 310. The SMILES string of the molecule is CSC1CN(C(=O)OC(C)(C)C)CC1N(C)CCCl. The molecule has 0 aliphatic carbocycles. The van der Waals surface area contributed by atoms with Crippen LogP contribution in [0.3, 0.4) is 0 Å². The van der Waals surface area contributed by atoms with Crippen LogP contribution in [-0.2, 0) is 4.74 Å². The lowest BCUT2D eigenvalue weighted by molar-refractivity contribution is 0.0283. The number of carbonyl (C=O) groups is 1. The Kier molecular flexibility index (Phi) is 6.27. The number of halogens is 1. The molecule has 0 aromatic carbocycles. The summed E-state index contributed by atoms with van der Waals surface area (Å²) in [6.07, 6.45) is 1.87. The van der Waals surface area contributed by atoms with Crippen molar-refractivity contribution in [3.8, 4) is 0 Å². The monoisotopic (exact) mass is 308 g/mol. The zero-order chi connectivity index (χ0) is 14.6. The van der Waals surface area contributed by atoms with Gasteiger partial charge in [-0.05, 0) is 34.1 Å². The molecule has 0 aromatic rings. The van der Waals surface area contributed by atoms with E-state index >= 15 is 0 Å². The van der Waals surface area contributed by atoms with Crippen molar-refractivity contribution in [2.45, 2.75) is 37.7 Å². The third-order valence-corrected chi connectivity index (χ3v) is 4.43. The predicted octanol–water partition coefficient (Wildman–Crippen LogP) is 2.51. The van der Waals surface area contributed by atoms with Gasteiger partial charge in [-0.25, -0.2) is 4.79 Å². The van der Waals surface area contributed by atoms with E-state index in [4.69, 9.17) is 16.3 Å². The summed E-state index contributed by atoms with van der Waals surface area (Å²) in [6, 6.07) is 0.348. The molecule has 1 aliphatic rings. The van der Waals surface area contributed by atoms with Gasteiger partial charge in [0.1, 0.15) is 5.60 Å². The number of likely N-dealkylation sites (N-methyl/N-ethyl adjacent to an activating group) is 1. The van der Waals surface area contributed by atoms with Crippen LogP contribution in [0.4, 0.5) is 4.79 Å². The number of ether oxygens (including phenoxy) is 1.